The maximum atomic E-state index is 10.3. The largest absolute Gasteiger partial charge is 0.478 e. The Kier molecular flexibility index (Phi) is 3.07. The van der Waals surface area contributed by atoms with Crippen molar-refractivity contribution in [2.24, 2.45) is 11.8 Å². The molecule has 0 aromatic carbocycles. The smallest absolute Gasteiger partial charge is 0.327 e. The maximum Gasteiger partial charge on any atom is 0.327 e. The van der Waals surface area contributed by atoms with Crippen molar-refractivity contribution in [3.8, 4) is 0 Å². The lowest BCUT2D eigenvalue weighted by molar-refractivity contribution is -0.131. The number of aliphatic hydroxyl groups is 1. The standard InChI is InChI=1S/C11H16O4/c12-6-8-7(2-1-3-11(13)14)9-4-5-10(8)15-9/h1,3,7-10,12H,2,4-6H2,(H,13,14)/b3-1-/t7-,8+,9-,10+/m0/s1. The number of hydrogen-bond donors (Lipinski definition) is 2. The first-order valence-corrected chi connectivity index (χ1v) is 5.38. The van der Waals surface area contributed by atoms with E-state index in [0.29, 0.717) is 12.3 Å². The van der Waals surface area contributed by atoms with E-state index in [1.165, 1.54) is 6.08 Å². The molecule has 2 rings (SSSR count). The van der Waals surface area contributed by atoms with Crippen molar-refractivity contribution in [3.05, 3.63) is 12.2 Å². The van der Waals surface area contributed by atoms with E-state index in [2.05, 4.69) is 0 Å². The number of ether oxygens (including phenoxy) is 1. The van der Waals surface area contributed by atoms with Crippen LogP contribution in [0, 0.1) is 11.8 Å². The zero-order valence-corrected chi connectivity index (χ0v) is 8.50. The highest BCUT2D eigenvalue weighted by Crippen LogP contribution is 2.44. The molecule has 15 heavy (non-hydrogen) atoms. The Morgan fingerprint density at radius 1 is 1.33 bits per heavy atom. The molecule has 0 amide bonds. The van der Waals surface area contributed by atoms with Gasteiger partial charge in [0.15, 0.2) is 0 Å². The molecule has 4 atom stereocenters. The molecule has 0 unspecified atom stereocenters. The highest BCUT2D eigenvalue weighted by atomic mass is 16.5. The topological polar surface area (TPSA) is 66.8 Å². The molecule has 2 aliphatic heterocycles. The van der Waals surface area contributed by atoms with Crippen LogP contribution in [0.1, 0.15) is 19.3 Å². The van der Waals surface area contributed by atoms with Crippen LogP contribution < -0.4 is 0 Å². The molecule has 2 aliphatic rings. The number of carboxylic acids is 1. The summed E-state index contributed by atoms with van der Waals surface area (Å²) in [5, 5.41) is 17.7. The molecule has 2 fully saturated rings. The lowest BCUT2D eigenvalue weighted by Crippen LogP contribution is -2.29. The average molecular weight is 212 g/mol. The fourth-order valence-electron chi connectivity index (χ4n) is 2.78. The number of hydrogen-bond acceptors (Lipinski definition) is 3. The van der Waals surface area contributed by atoms with Crippen LogP contribution in [0.25, 0.3) is 0 Å². The second-order valence-corrected chi connectivity index (χ2v) is 4.28. The van der Waals surface area contributed by atoms with E-state index < -0.39 is 5.97 Å². The van der Waals surface area contributed by atoms with Crippen LogP contribution in [0.3, 0.4) is 0 Å². The molecule has 0 spiro atoms. The summed E-state index contributed by atoms with van der Waals surface area (Å²) >= 11 is 0. The molecule has 84 valence electrons. The van der Waals surface area contributed by atoms with Gasteiger partial charge in [-0.3, -0.25) is 0 Å². The number of rotatable bonds is 4. The Hall–Kier alpha value is -0.870. The normalized spacial score (nSPS) is 39.0. The zero-order valence-electron chi connectivity index (χ0n) is 8.50. The van der Waals surface area contributed by atoms with Crippen molar-refractivity contribution in [1.29, 1.82) is 0 Å². The van der Waals surface area contributed by atoms with Crippen molar-refractivity contribution in [1.82, 2.24) is 0 Å². The summed E-state index contributed by atoms with van der Waals surface area (Å²) < 4.78 is 5.70. The molecule has 0 radical (unpaired) electrons. The fraction of sp³-hybridized carbons (Fsp3) is 0.727. The van der Waals surface area contributed by atoms with Gasteiger partial charge in [0.05, 0.1) is 12.2 Å². The van der Waals surface area contributed by atoms with Gasteiger partial charge < -0.3 is 14.9 Å². The molecule has 2 heterocycles. The molecule has 0 saturated carbocycles. The zero-order chi connectivity index (χ0) is 10.8. The molecule has 0 aromatic rings. The Labute approximate surface area is 88.6 Å². The van der Waals surface area contributed by atoms with Crippen LogP contribution in [-0.2, 0) is 9.53 Å². The second-order valence-electron chi connectivity index (χ2n) is 4.28. The number of fused-ring (bicyclic) bond motifs is 2. The number of carboxylic acid groups (broad SMARTS) is 1. The van der Waals surface area contributed by atoms with Crippen molar-refractivity contribution in [2.75, 3.05) is 6.61 Å². The SMILES string of the molecule is O=C(O)/C=C\C[C@H]1[C@@H](CO)[C@H]2CC[C@@H]1O2. The first-order chi connectivity index (χ1) is 7.22. The number of carbonyl (C=O) groups is 1. The van der Waals surface area contributed by atoms with Crippen LogP contribution in [-0.4, -0.2) is 35.0 Å². The van der Waals surface area contributed by atoms with Crippen molar-refractivity contribution < 1.29 is 19.7 Å². The first-order valence-electron chi connectivity index (χ1n) is 5.38. The van der Waals surface area contributed by atoms with Gasteiger partial charge in [0.2, 0.25) is 0 Å². The monoisotopic (exact) mass is 212 g/mol. The van der Waals surface area contributed by atoms with Gasteiger partial charge in [0.1, 0.15) is 0 Å². The van der Waals surface area contributed by atoms with Crippen LogP contribution >= 0.6 is 0 Å². The van der Waals surface area contributed by atoms with Gasteiger partial charge in [-0.25, -0.2) is 4.79 Å². The third-order valence-corrected chi connectivity index (χ3v) is 3.47. The molecule has 2 bridgehead atoms. The molecule has 2 N–H and O–H groups in total. The van der Waals surface area contributed by atoms with E-state index in [1.807, 2.05) is 0 Å². The van der Waals surface area contributed by atoms with E-state index >= 15 is 0 Å². The molecule has 0 aromatic heterocycles. The Bertz CT molecular complexity index is 274. The van der Waals surface area contributed by atoms with E-state index in [-0.39, 0.29) is 24.7 Å². The summed E-state index contributed by atoms with van der Waals surface area (Å²) in [6.45, 7) is 0.146. The molecular weight excluding hydrogens is 196 g/mol. The summed E-state index contributed by atoms with van der Waals surface area (Å²) in [7, 11) is 0. The quantitative estimate of drug-likeness (QED) is 0.676. The minimum Gasteiger partial charge on any atom is -0.478 e. The van der Waals surface area contributed by atoms with Crippen LogP contribution in [0.5, 0.6) is 0 Å². The van der Waals surface area contributed by atoms with E-state index in [0.717, 1.165) is 12.8 Å². The minimum absolute atomic E-state index is 0.146. The first kappa shape index (κ1) is 10.6. The Balaban J connectivity index is 1.93. The molecular formula is C11H16O4. The molecule has 2 saturated heterocycles. The summed E-state index contributed by atoms with van der Waals surface area (Å²) in [6.07, 6.45) is 6.04. The van der Waals surface area contributed by atoms with Gasteiger partial charge >= 0.3 is 5.97 Å². The summed E-state index contributed by atoms with van der Waals surface area (Å²) in [5.74, 6) is -0.425. The van der Waals surface area contributed by atoms with Crippen molar-refractivity contribution >= 4 is 5.97 Å². The summed E-state index contributed by atoms with van der Waals surface area (Å²) in [4.78, 5) is 10.3. The van der Waals surface area contributed by atoms with Gasteiger partial charge in [-0.05, 0) is 25.2 Å². The lowest BCUT2D eigenvalue weighted by Gasteiger charge is -2.25. The van der Waals surface area contributed by atoms with Crippen molar-refractivity contribution in [3.63, 3.8) is 0 Å². The highest BCUT2D eigenvalue weighted by molar-refractivity contribution is 5.79. The molecule has 0 aliphatic carbocycles. The fourth-order valence-corrected chi connectivity index (χ4v) is 2.78. The highest BCUT2D eigenvalue weighted by Gasteiger charge is 2.47. The van der Waals surface area contributed by atoms with Crippen LogP contribution in [0.15, 0.2) is 12.2 Å². The predicted octanol–water partition coefficient (Wildman–Crippen LogP) is 0.803. The van der Waals surface area contributed by atoms with E-state index in [4.69, 9.17) is 9.84 Å². The Morgan fingerprint density at radius 3 is 2.60 bits per heavy atom. The number of allylic oxidation sites excluding steroid dienone is 1. The Morgan fingerprint density at radius 2 is 2.00 bits per heavy atom. The van der Waals surface area contributed by atoms with Gasteiger partial charge in [0, 0.05) is 18.6 Å². The third kappa shape index (κ3) is 2.06. The van der Waals surface area contributed by atoms with Crippen LogP contribution in [0.2, 0.25) is 0 Å². The van der Waals surface area contributed by atoms with Gasteiger partial charge in [0.25, 0.3) is 0 Å². The summed E-state index contributed by atoms with van der Waals surface area (Å²) in [6, 6.07) is 0. The van der Waals surface area contributed by atoms with Crippen LogP contribution in [0.4, 0.5) is 0 Å². The third-order valence-electron chi connectivity index (χ3n) is 3.47. The number of aliphatic hydroxyl groups excluding tert-OH is 1. The van der Waals surface area contributed by atoms with Gasteiger partial charge in [-0.1, -0.05) is 6.08 Å². The van der Waals surface area contributed by atoms with E-state index in [9.17, 15) is 9.90 Å². The number of aliphatic carboxylic acids is 1. The predicted molar refractivity (Wildman–Crippen MR) is 53.4 cm³/mol. The molecule has 4 nitrogen and oxygen atoms in total. The van der Waals surface area contributed by atoms with E-state index in [1.54, 1.807) is 6.08 Å². The van der Waals surface area contributed by atoms with Crippen molar-refractivity contribution in [2.45, 2.75) is 31.5 Å². The average Bonchev–Trinajstić information content (AvgIpc) is 2.76. The maximum absolute atomic E-state index is 10.3. The molecule has 4 heteroatoms. The second kappa shape index (κ2) is 4.33. The van der Waals surface area contributed by atoms with Gasteiger partial charge in [-0.15, -0.1) is 0 Å². The van der Waals surface area contributed by atoms with Gasteiger partial charge in [-0.2, -0.15) is 0 Å². The summed E-state index contributed by atoms with van der Waals surface area (Å²) in [5.41, 5.74) is 0. The minimum atomic E-state index is -0.917. The lowest BCUT2D eigenvalue weighted by atomic mass is 9.78.